The van der Waals surface area contributed by atoms with E-state index in [1.165, 1.54) is 5.56 Å². The van der Waals surface area contributed by atoms with Crippen LogP contribution in [0.4, 0.5) is 5.69 Å². The van der Waals surface area contributed by atoms with Gasteiger partial charge in [-0.25, -0.2) is 4.68 Å². The summed E-state index contributed by atoms with van der Waals surface area (Å²) in [6.45, 7) is 6.77. The van der Waals surface area contributed by atoms with Crippen LogP contribution in [-0.4, -0.2) is 33.7 Å². The number of hydrogen-bond donors (Lipinski definition) is 1. The Bertz CT molecular complexity index is 920. The van der Waals surface area contributed by atoms with Gasteiger partial charge in [0.1, 0.15) is 0 Å². The van der Waals surface area contributed by atoms with Crippen LogP contribution in [0.2, 0.25) is 0 Å². The number of nitrogens with one attached hydrogen (secondary N) is 1. The Hall–Kier alpha value is -2.86. The first-order chi connectivity index (χ1) is 13.6. The number of aryl methyl sites for hydroxylation is 2. The average molecular weight is 378 g/mol. The summed E-state index contributed by atoms with van der Waals surface area (Å²) < 4.78 is 7.04. The van der Waals surface area contributed by atoms with E-state index in [1.807, 2.05) is 48.9 Å². The van der Waals surface area contributed by atoms with Crippen LogP contribution in [0.1, 0.15) is 29.8 Å². The first kappa shape index (κ1) is 18.5. The van der Waals surface area contributed by atoms with Crippen LogP contribution in [0.25, 0.3) is 5.69 Å². The molecule has 2 aromatic heterocycles. The van der Waals surface area contributed by atoms with Crippen molar-refractivity contribution in [2.75, 3.05) is 18.4 Å². The molecule has 0 atom stereocenters. The summed E-state index contributed by atoms with van der Waals surface area (Å²) in [6, 6.07) is 11.9. The Labute approximate surface area is 165 Å². The van der Waals surface area contributed by atoms with Gasteiger partial charge in [0.05, 0.1) is 23.9 Å². The molecule has 1 aromatic carbocycles. The minimum Gasteiger partial charge on any atom is -0.472 e. The van der Waals surface area contributed by atoms with Crippen molar-refractivity contribution in [2.24, 2.45) is 5.92 Å². The number of carbonyl (C=O) groups is 1. The zero-order chi connectivity index (χ0) is 19.5. The van der Waals surface area contributed by atoms with Gasteiger partial charge in [-0.3, -0.25) is 9.69 Å². The SMILES string of the molecule is Cc1cc(C)n(-c2ccc(NC(=O)C3CCN(Cc4ccoc4)CC3)cc2)n1. The molecule has 1 fully saturated rings. The largest absolute Gasteiger partial charge is 0.472 e. The van der Waals surface area contributed by atoms with Crippen molar-refractivity contribution in [1.82, 2.24) is 14.7 Å². The fourth-order valence-corrected chi connectivity index (χ4v) is 3.81. The number of amides is 1. The molecule has 0 bridgehead atoms. The van der Waals surface area contributed by atoms with Crippen LogP contribution < -0.4 is 5.32 Å². The molecule has 28 heavy (non-hydrogen) atoms. The highest BCUT2D eigenvalue weighted by Crippen LogP contribution is 2.22. The van der Waals surface area contributed by atoms with E-state index in [0.29, 0.717) is 0 Å². The molecular formula is C22H26N4O2. The zero-order valence-corrected chi connectivity index (χ0v) is 16.4. The highest BCUT2D eigenvalue weighted by Gasteiger charge is 2.25. The summed E-state index contributed by atoms with van der Waals surface area (Å²) in [7, 11) is 0. The van der Waals surface area contributed by atoms with Gasteiger partial charge in [0.2, 0.25) is 5.91 Å². The van der Waals surface area contributed by atoms with Gasteiger partial charge in [-0.1, -0.05) is 0 Å². The number of anilines is 1. The number of benzene rings is 1. The van der Waals surface area contributed by atoms with Crippen LogP contribution in [0.5, 0.6) is 0 Å². The molecule has 3 aromatic rings. The Morgan fingerprint density at radius 2 is 1.93 bits per heavy atom. The molecule has 0 unspecified atom stereocenters. The van der Waals surface area contributed by atoms with Crippen molar-refractivity contribution in [3.63, 3.8) is 0 Å². The van der Waals surface area contributed by atoms with Crippen molar-refractivity contribution in [3.8, 4) is 5.69 Å². The molecule has 3 heterocycles. The van der Waals surface area contributed by atoms with E-state index >= 15 is 0 Å². The van der Waals surface area contributed by atoms with Crippen LogP contribution in [0.3, 0.4) is 0 Å². The third-order valence-corrected chi connectivity index (χ3v) is 5.33. The second-order valence-corrected chi connectivity index (χ2v) is 7.56. The number of rotatable bonds is 5. The van der Waals surface area contributed by atoms with Crippen LogP contribution in [0.15, 0.2) is 53.3 Å². The average Bonchev–Trinajstić information content (AvgIpc) is 3.32. The molecule has 6 heteroatoms. The fraction of sp³-hybridized carbons (Fsp3) is 0.364. The van der Waals surface area contributed by atoms with Gasteiger partial charge in [0.15, 0.2) is 0 Å². The molecule has 1 amide bonds. The normalized spacial score (nSPS) is 15.6. The Morgan fingerprint density at radius 1 is 1.18 bits per heavy atom. The van der Waals surface area contributed by atoms with Gasteiger partial charge in [0.25, 0.3) is 0 Å². The maximum atomic E-state index is 12.6. The maximum absolute atomic E-state index is 12.6. The number of likely N-dealkylation sites (tertiary alicyclic amines) is 1. The standard InChI is InChI=1S/C22H26N4O2/c1-16-13-17(2)26(24-16)21-5-3-20(4-6-21)23-22(27)19-7-10-25(11-8-19)14-18-9-12-28-15-18/h3-6,9,12-13,15,19H,7-8,10-11,14H2,1-2H3,(H,23,27). The molecule has 0 saturated carbocycles. The third kappa shape index (κ3) is 4.17. The van der Waals surface area contributed by atoms with Crippen molar-refractivity contribution >= 4 is 11.6 Å². The molecule has 0 spiro atoms. The Morgan fingerprint density at radius 3 is 2.54 bits per heavy atom. The summed E-state index contributed by atoms with van der Waals surface area (Å²) in [4.78, 5) is 15.0. The molecule has 146 valence electrons. The van der Waals surface area contributed by atoms with Gasteiger partial charge in [-0.15, -0.1) is 0 Å². The van der Waals surface area contributed by atoms with Crippen molar-refractivity contribution in [2.45, 2.75) is 33.2 Å². The quantitative estimate of drug-likeness (QED) is 0.731. The van der Waals surface area contributed by atoms with E-state index in [1.54, 1.807) is 12.5 Å². The lowest BCUT2D eigenvalue weighted by Gasteiger charge is -2.30. The van der Waals surface area contributed by atoms with Crippen LogP contribution >= 0.6 is 0 Å². The maximum Gasteiger partial charge on any atom is 0.227 e. The fourth-order valence-electron chi connectivity index (χ4n) is 3.81. The monoisotopic (exact) mass is 378 g/mol. The smallest absolute Gasteiger partial charge is 0.227 e. The minimum absolute atomic E-state index is 0.0660. The summed E-state index contributed by atoms with van der Waals surface area (Å²) in [5, 5.41) is 7.57. The predicted molar refractivity (Wildman–Crippen MR) is 108 cm³/mol. The summed E-state index contributed by atoms with van der Waals surface area (Å²) in [5.41, 5.74) is 5.10. The predicted octanol–water partition coefficient (Wildman–Crippen LogP) is 3.93. The number of furan rings is 1. The van der Waals surface area contributed by atoms with Crippen LogP contribution in [-0.2, 0) is 11.3 Å². The van der Waals surface area contributed by atoms with E-state index in [-0.39, 0.29) is 11.8 Å². The second-order valence-electron chi connectivity index (χ2n) is 7.56. The third-order valence-electron chi connectivity index (χ3n) is 5.33. The number of hydrogen-bond acceptors (Lipinski definition) is 4. The van der Waals surface area contributed by atoms with E-state index in [2.05, 4.69) is 21.4 Å². The summed E-state index contributed by atoms with van der Waals surface area (Å²) in [5.74, 6) is 0.179. The number of nitrogens with zero attached hydrogens (tertiary/aromatic N) is 3. The second kappa shape index (κ2) is 8.02. The first-order valence-corrected chi connectivity index (χ1v) is 9.76. The lowest BCUT2D eigenvalue weighted by molar-refractivity contribution is -0.121. The highest BCUT2D eigenvalue weighted by atomic mass is 16.3. The number of piperidine rings is 1. The molecular weight excluding hydrogens is 352 g/mol. The van der Waals surface area contributed by atoms with E-state index < -0.39 is 0 Å². The molecule has 1 N–H and O–H groups in total. The van der Waals surface area contributed by atoms with Crippen molar-refractivity contribution < 1.29 is 9.21 Å². The van der Waals surface area contributed by atoms with E-state index in [4.69, 9.17) is 4.42 Å². The molecule has 1 aliphatic rings. The van der Waals surface area contributed by atoms with Gasteiger partial charge >= 0.3 is 0 Å². The summed E-state index contributed by atoms with van der Waals surface area (Å²) in [6.07, 6.45) is 5.26. The van der Waals surface area contributed by atoms with Crippen LogP contribution in [0, 0.1) is 19.8 Å². The van der Waals surface area contributed by atoms with Gasteiger partial charge in [-0.05, 0) is 76.2 Å². The van der Waals surface area contributed by atoms with Crippen molar-refractivity contribution in [3.05, 3.63) is 65.9 Å². The molecule has 1 aliphatic heterocycles. The van der Waals surface area contributed by atoms with E-state index in [9.17, 15) is 4.79 Å². The molecule has 1 saturated heterocycles. The molecule has 0 radical (unpaired) electrons. The Kier molecular flexibility index (Phi) is 5.30. The van der Waals surface area contributed by atoms with Gasteiger partial charge in [0, 0.05) is 29.4 Å². The molecule has 6 nitrogen and oxygen atoms in total. The number of aromatic nitrogens is 2. The molecule has 0 aliphatic carbocycles. The lowest BCUT2D eigenvalue weighted by atomic mass is 9.95. The lowest BCUT2D eigenvalue weighted by Crippen LogP contribution is -2.37. The minimum atomic E-state index is 0.0660. The van der Waals surface area contributed by atoms with Gasteiger partial charge in [-0.2, -0.15) is 5.10 Å². The van der Waals surface area contributed by atoms with Gasteiger partial charge < -0.3 is 9.73 Å². The first-order valence-electron chi connectivity index (χ1n) is 9.76. The Balaban J connectivity index is 1.31. The van der Waals surface area contributed by atoms with E-state index in [0.717, 1.165) is 55.2 Å². The number of carbonyl (C=O) groups excluding carboxylic acids is 1. The molecule has 4 rings (SSSR count). The topological polar surface area (TPSA) is 63.3 Å². The van der Waals surface area contributed by atoms with Crippen molar-refractivity contribution in [1.29, 1.82) is 0 Å². The summed E-state index contributed by atoms with van der Waals surface area (Å²) >= 11 is 0. The highest BCUT2D eigenvalue weighted by molar-refractivity contribution is 5.92. The zero-order valence-electron chi connectivity index (χ0n) is 16.4.